The van der Waals surface area contributed by atoms with Crippen LogP contribution in [-0.2, 0) is 19.2 Å². The van der Waals surface area contributed by atoms with E-state index in [2.05, 4.69) is 15.0 Å². The largest absolute Gasteiger partial charge is 0.379 e. The van der Waals surface area contributed by atoms with Crippen molar-refractivity contribution in [2.45, 2.75) is 32.8 Å². The SMILES string of the molecule is CC(C)CCNC(=O)CCOCC(CO[N+](=O)[O-])O[N+](=O)[O-]. The third kappa shape index (κ3) is 12.8. The first kappa shape index (κ1) is 19.8. The molecule has 0 fully saturated rings. The highest BCUT2D eigenvalue weighted by atomic mass is 17.0. The second-order valence-corrected chi connectivity index (χ2v) is 4.83. The maximum absolute atomic E-state index is 11.4. The summed E-state index contributed by atoms with van der Waals surface area (Å²) in [5.41, 5.74) is 0. The van der Waals surface area contributed by atoms with Crippen molar-refractivity contribution in [1.29, 1.82) is 0 Å². The molecular formula is C11H21N3O8. The number of nitrogens with one attached hydrogen (secondary N) is 1. The van der Waals surface area contributed by atoms with Gasteiger partial charge in [-0.1, -0.05) is 13.8 Å². The lowest BCUT2D eigenvalue weighted by Gasteiger charge is -2.13. The average molecular weight is 323 g/mol. The minimum absolute atomic E-state index is 0.0174. The Balaban J connectivity index is 3.84. The Morgan fingerprint density at radius 2 is 1.86 bits per heavy atom. The molecule has 0 rings (SSSR count). The van der Waals surface area contributed by atoms with Gasteiger partial charge in [-0.2, -0.15) is 0 Å². The van der Waals surface area contributed by atoms with Crippen molar-refractivity contribution in [3.05, 3.63) is 20.2 Å². The van der Waals surface area contributed by atoms with Gasteiger partial charge < -0.3 is 19.7 Å². The predicted octanol–water partition coefficient (Wildman–Crippen LogP) is 0.341. The maximum Gasteiger partial charge on any atom is 0.294 e. The third-order valence-corrected chi connectivity index (χ3v) is 2.42. The summed E-state index contributed by atoms with van der Waals surface area (Å²) in [6.07, 6.45) is -0.285. The molecule has 0 heterocycles. The number of hydrogen-bond acceptors (Lipinski definition) is 8. The Bertz CT molecular complexity index is 363. The Hall–Kier alpha value is -2.17. The highest BCUT2D eigenvalue weighted by Crippen LogP contribution is 1.98. The lowest BCUT2D eigenvalue weighted by atomic mass is 10.1. The number of carbonyl (C=O) groups is 1. The first-order valence-electron chi connectivity index (χ1n) is 6.74. The fourth-order valence-corrected chi connectivity index (χ4v) is 1.34. The highest BCUT2D eigenvalue weighted by Gasteiger charge is 2.16. The van der Waals surface area contributed by atoms with Crippen LogP contribution in [-0.4, -0.2) is 48.5 Å². The number of carbonyl (C=O) groups excluding carboxylic acids is 1. The molecule has 128 valence electrons. The van der Waals surface area contributed by atoms with Gasteiger partial charge in [-0.05, 0) is 12.3 Å². The zero-order valence-electron chi connectivity index (χ0n) is 12.6. The van der Waals surface area contributed by atoms with E-state index in [-0.39, 0.29) is 25.5 Å². The van der Waals surface area contributed by atoms with E-state index >= 15 is 0 Å². The maximum atomic E-state index is 11.4. The number of ether oxygens (including phenoxy) is 1. The Morgan fingerprint density at radius 1 is 1.18 bits per heavy atom. The topological polar surface area (TPSA) is 143 Å². The number of rotatable bonds is 13. The summed E-state index contributed by atoms with van der Waals surface area (Å²) < 4.78 is 5.03. The molecule has 0 aromatic heterocycles. The Labute approximate surface area is 127 Å². The van der Waals surface area contributed by atoms with Crippen LogP contribution in [0, 0.1) is 26.1 Å². The minimum atomic E-state index is -1.23. The molecule has 0 bridgehead atoms. The molecule has 0 aromatic rings. The first-order chi connectivity index (χ1) is 10.3. The molecule has 1 amide bonds. The van der Waals surface area contributed by atoms with Gasteiger partial charge in [0.2, 0.25) is 5.91 Å². The summed E-state index contributed by atoms with van der Waals surface area (Å²) in [6, 6.07) is 0. The van der Waals surface area contributed by atoms with Gasteiger partial charge in [-0.25, -0.2) is 0 Å². The molecule has 11 nitrogen and oxygen atoms in total. The summed E-state index contributed by atoms with van der Waals surface area (Å²) in [6.45, 7) is 3.74. The van der Waals surface area contributed by atoms with Crippen molar-refractivity contribution in [2.75, 3.05) is 26.4 Å². The molecule has 0 aromatic carbocycles. The van der Waals surface area contributed by atoms with Gasteiger partial charge in [0, 0.05) is 13.0 Å². The molecule has 0 radical (unpaired) electrons. The van der Waals surface area contributed by atoms with Crippen molar-refractivity contribution in [2.24, 2.45) is 5.92 Å². The summed E-state index contributed by atoms with van der Waals surface area (Å²) >= 11 is 0. The van der Waals surface area contributed by atoms with Crippen molar-refractivity contribution in [3.8, 4) is 0 Å². The minimum Gasteiger partial charge on any atom is -0.379 e. The number of nitrogens with zero attached hydrogens (tertiary/aromatic N) is 2. The van der Waals surface area contributed by atoms with Crippen LogP contribution in [0.15, 0.2) is 0 Å². The van der Waals surface area contributed by atoms with Crippen LogP contribution in [0.2, 0.25) is 0 Å². The van der Waals surface area contributed by atoms with Crippen molar-refractivity contribution in [1.82, 2.24) is 5.32 Å². The smallest absolute Gasteiger partial charge is 0.294 e. The van der Waals surface area contributed by atoms with Crippen molar-refractivity contribution >= 4 is 5.91 Å². The average Bonchev–Trinajstić information content (AvgIpc) is 2.39. The van der Waals surface area contributed by atoms with E-state index in [4.69, 9.17) is 4.74 Å². The van der Waals surface area contributed by atoms with Crippen LogP contribution in [0.5, 0.6) is 0 Å². The van der Waals surface area contributed by atoms with Crippen LogP contribution >= 0.6 is 0 Å². The molecule has 0 saturated heterocycles. The summed E-state index contributed by atoms with van der Waals surface area (Å²) in [7, 11) is 0. The third-order valence-electron chi connectivity index (χ3n) is 2.42. The molecule has 0 aliphatic heterocycles. The van der Waals surface area contributed by atoms with Crippen LogP contribution in [0.1, 0.15) is 26.7 Å². The number of amides is 1. The van der Waals surface area contributed by atoms with E-state index in [1.165, 1.54) is 0 Å². The molecule has 0 aliphatic rings. The van der Waals surface area contributed by atoms with Gasteiger partial charge in [0.1, 0.15) is 6.61 Å². The van der Waals surface area contributed by atoms with Crippen LogP contribution in [0.25, 0.3) is 0 Å². The van der Waals surface area contributed by atoms with E-state index in [9.17, 15) is 25.0 Å². The van der Waals surface area contributed by atoms with Gasteiger partial charge in [0.05, 0.1) is 13.2 Å². The lowest BCUT2D eigenvalue weighted by Crippen LogP contribution is -2.30. The fourth-order valence-electron chi connectivity index (χ4n) is 1.34. The molecule has 1 atom stereocenters. The summed E-state index contributed by atoms with van der Waals surface area (Å²) in [5.74, 6) is 0.284. The van der Waals surface area contributed by atoms with Crippen LogP contribution in [0.3, 0.4) is 0 Å². The molecule has 0 spiro atoms. The zero-order chi connectivity index (χ0) is 17.0. The van der Waals surface area contributed by atoms with E-state index in [0.717, 1.165) is 6.42 Å². The molecule has 11 heteroatoms. The monoisotopic (exact) mass is 323 g/mol. The van der Waals surface area contributed by atoms with E-state index < -0.39 is 22.9 Å². The van der Waals surface area contributed by atoms with Crippen LogP contribution in [0.4, 0.5) is 0 Å². The number of hydrogen-bond donors (Lipinski definition) is 1. The van der Waals surface area contributed by atoms with Crippen molar-refractivity contribution < 1.29 is 29.4 Å². The lowest BCUT2D eigenvalue weighted by molar-refractivity contribution is -0.790. The van der Waals surface area contributed by atoms with Gasteiger partial charge in [-0.3, -0.25) is 4.79 Å². The summed E-state index contributed by atoms with van der Waals surface area (Å²) in [5, 5.41) is 20.8. The molecule has 0 aliphatic carbocycles. The molecular weight excluding hydrogens is 302 g/mol. The van der Waals surface area contributed by atoms with Gasteiger partial charge in [0.25, 0.3) is 10.2 Å². The van der Waals surface area contributed by atoms with Crippen molar-refractivity contribution in [3.63, 3.8) is 0 Å². The molecule has 0 saturated carbocycles. The fraction of sp³-hybridized carbons (Fsp3) is 0.909. The van der Waals surface area contributed by atoms with Gasteiger partial charge in [-0.15, -0.1) is 20.2 Å². The molecule has 1 unspecified atom stereocenters. The van der Waals surface area contributed by atoms with E-state index in [1.54, 1.807) is 0 Å². The Kier molecular flexibility index (Phi) is 10.4. The zero-order valence-corrected chi connectivity index (χ0v) is 12.6. The second kappa shape index (κ2) is 11.5. The standard InChI is InChI=1S/C11H21N3O8/c1-9(2)3-5-12-11(15)4-6-20-7-10(22-14(18)19)8-21-13(16)17/h9-10H,3-8H2,1-2H3,(H,12,15). The quantitative estimate of drug-likeness (QED) is 0.290. The normalized spacial score (nSPS) is 11.8. The van der Waals surface area contributed by atoms with Gasteiger partial charge in [0.15, 0.2) is 6.10 Å². The summed E-state index contributed by atoms with van der Waals surface area (Å²) in [4.78, 5) is 39.8. The molecule has 22 heavy (non-hydrogen) atoms. The van der Waals surface area contributed by atoms with E-state index in [1.807, 2.05) is 13.8 Å². The second-order valence-electron chi connectivity index (χ2n) is 4.83. The Morgan fingerprint density at radius 3 is 2.41 bits per heavy atom. The van der Waals surface area contributed by atoms with Gasteiger partial charge >= 0.3 is 0 Å². The first-order valence-corrected chi connectivity index (χ1v) is 6.74. The van der Waals surface area contributed by atoms with Crippen LogP contribution < -0.4 is 5.32 Å². The predicted molar refractivity (Wildman–Crippen MR) is 72.7 cm³/mol. The molecule has 1 N–H and O–H groups in total. The van der Waals surface area contributed by atoms with E-state index in [0.29, 0.717) is 12.5 Å². The highest BCUT2D eigenvalue weighted by molar-refractivity contribution is 5.75.